The predicted molar refractivity (Wildman–Crippen MR) is 85.7 cm³/mol. The van der Waals surface area contributed by atoms with Crippen LogP contribution in [0.2, 0.25) is 0 Å². The third-order valence-corrected chi connectivity index (χ3v) is 4.26. The molecule has 0 unspecified atom stereocenters. The van der Waals surface area contributed by atoms with Gasteiger partial charge in [0.05, 0.1) is 6.54 Å². The Bertz CT molecular complexity index is 764. The van der Waals surface area contributed by atoms with Gasteiger partial charge in [0.15, 0.2) is 0 Å². The number of aromatic nitrogens is 2. The van der Waals surface area contributed by atoms with Gasteiger partial charge >= 0.3 is 5.97 Å². The molecule has 0 amide bonds. The lowest BCUT2D eigenvalue weighted by Crippen LogP contribution is -2.00. The molecule has 4 nitrogen and oxygen atoms in total. The number of thiophene rings is 1. The number of hydrogen-bond donors (Lipinski definition) is 1. The van der Waals surface area contributed by atoms with Crippen LogP contribution in [0.4, 0.5) is 0 Å². The van der Waals surface area contributed by atoms with E-state index in [2.05, 4.69) is 21.0 Å². The highest BCUT2D eigenvalue weighted by Crippen LogP contribution is 2.25. The Kier molecular flexibility index (Phi) is 3.90. The lowest BCUT2D eigenvalue weighted by atomic mass is 10.1. The molecule has 6 heteroatoms. The summed E-state index contributed by atoms with van der Waals surface area (Å²) in [4.78, 5) is 11.4. The van der Waals surface area contributed by atoms with Crippen LogP contribution in [-0.2, 0) is 6.54 Å². The summed E-state index contributed by atoms with van der Waals surface area (Å²) in [5.74, 6) is -0.960. The molecule has 2 heterocycles. The largest absolute Gasteiger partial charge is 0.478 e. The smallest absolute Gasteiger partial charge is 0.339 e. The summed E-state index contributed by atoms with van der Waals surface area (Å²) < 4.78 is 2.68. The Labute approximate surface area is 133 Å². The van der Waals surface area contributed by atoms with Crippen molar-refractivity contribution in [2.45, 2.75) is 6.54 Å². The third kappa shape index (κ3) is 3.06. The standard InChI is InChI=1S/C15H11BrN2O2S/c16-12-3-1-10(2-4-12)7-18-8-13(15(19)20)14(17-18)11-5-6-21-9-11/h1-6,8-9H,7H2,(H,19,20). The quantitative estimate of drug-likeness (QED) is 0.759. The second-order valence-corrected chi connectivity index (χ2v) is 6.23. The number of rotatable bonds is 4. The van der Waals surface area contributed by atoms with Crippen LogP contribution in [-0.4, -0.2) is 20.9 Å². The van der Waals surface area contributed by atoms with E-state index in [0.29, 0.717) is 12.2 Å². The summed E-state index contributed by atoms with van der Waals surface area (Å²) in [5.41, 5.74) is 2.65. The molecule has 21 heavy (non-hydrogen) atoms. The molecule has 0 atom stereocenters. The molecule has 0 saturated heterocycles. The first-order chi connectivity index (χ1) is 10.1. The van der Waals surface area contributed by atoms with Crippen LogP contribution >= 0.6 is 27.3 Å². The highest BCUT2D eigenvalue weighted by Gasteiger charge is 2.17. The van der Waals surface area contributed by atoms with E-state index < -0.39 is 5.97 Å². The lowest BCUT2D eigenvalue weighted by molar-refractivity contribution is 0.0697. The molecule has 0 radical (unpaired) electrons. The van der Waals surface area contributed by atoms with E-state index in [4.69, 9.17) is 0 Å². The molecular weight excluding hydrogens is 352 g/mol. The molecule has 3 aromatic rings. The van der Waals surface area contributed by atoms with Gasteiger partial charge in [-0.3, -0.25) is 4.68 Å². The van der Waals surface area contributed by atoms with Gasteiger partial charge in [-0.25, -0.2) is 4.79 Å². The third-order valence-electron chi connectivity index (χ3n) is 3.04. The summed E-state index contributed by atoms with van der Waals surface area (Å²) in [6, 6.07) is 9.75. The van der Waals surface area contributed by atoms with Gasteiger partial charge < -0.3 is 5.11 Å². The zero-order chi connectivity index (χ0) is 14.8. The Morgan fingerprint density at radius 1 is 1.29 bits per heavy atom. The number of nitrogens with zero attached hydrogens (tertiary/aromatic N) is 2. The van der Waals surface area contributed by atoms with E-state index in [-0.39, 0.29) is 5.56 Å². The Hall–Kier alpha value is -1.92. The maximum Gasteiger partial charge on any atom is 0.339 e. The SMILES string of the molecule is O=C(O)c1cn(Cc2ccc(Br)cc2)nc1-c1ccsc1. The van der Waals surface area contributed by atoms with Crippen molar-refractivity contribution >= 4 is 33.2 Å². The van der Waals surface area contributed by atoms with Gasteiger partial charge in [-0.15, -0.1) is 0 Å². The normalized spacial score (nSPS) is 10.7. The Balaban J connectivity index is 1.95. The molecule has 0 aliphatic rings. The topological polar surface area (TPSA) is 55.1 Å². The number of benzene rings is 1. The van der Waals surface area contributed by atoms with Gasteiger partial charge in [0, 0.05) is 21.6 Å². The summed E-state index contributed by atoms with van der Waals surface area (Å²) in [7, 11) is 0. The summed E-state index contributed by atoms with van der Waals surface area (Å²) in [6.45, 7) is 0.539. The van der Waals surface area contributed by atoms with Crippen LogP contribution in [0.5, 0.6) is 0 Å². The van der Waals surface area contributed by atoms with E-state index in [1.165, 1.54) is 11.3 Å². The molecule has 0 saturated carbocycles. The van der Waals surface area contributed by atoms with Crippen molar-refractivity contribution < 1.29 is 9.90 Å². The van der Waals surface area contributed by atoms with Gasteiger partial charge in [0.1, 0.15) is 11.3 Å². The maximum atomic E-state index is 11.4. The molecule has 1 N–H and O–H groups in total. The molecule has 0 aliphatic carbocycles. The van der Waals surface area contributed by atoms with Gasteiger partial charge in [-0.05, 0) is 29.1 Å². The number of carboxylic acid groups (broad SMARTS) is 1. The van der Waals surface area contributed by atoms with Crippen molar-refractivity contribution in [2.75, 3.05) is 0 Å². The van der Waals surface area contributed by atoms with Gasteiger partial charge in [0.2, 0.25) is 0 Å². The zero-order valence-corrected chi connectivity index (χ0v) is 13.3. The van der Waals surface area contributed by atoms with Crippen LogP contribution in [0.25, 0.3) is 11.3 Å². The molecule has 0 bridgehead atoms. The van der Waals surface area contributed by atoms with Crippen LogP contribution in [0, 0.1) is 0 Å². The number of carbonyl (C=O) groups is 1. The lowest BCUT2D eigenvalue weighted by Gasteiger charge is -2.01. The molecule has 0 fully saturated rings. The van der Waals surface area contributed by atoms with Crippen molar-refractivity contribution in [2.24, 2.45) is 0 Å². The summed E-state index contributed by atoms with van der Waals surface area (Å²) in [5, 5.41) is 17.6. The average molecular weight is 363 g/mol. The minimum atomic E-state index is -0.960. The highest BCUT2D eigenvalue weighted by atomic mass is 79.9. The molecule has 2 aromatic heterocycles. The van der Waals surface area contributed by atoms with Crippen LogP contribution < -0.4 is 0 Å². The molecule has 106 valence electrons. The monoisotopic (exact) mass is 362 g/mol. The fourth-order valence-corrected chi connectivity index (χ4v) is 2.95. The molecule has 3 rings (SSSR count). The Morgan fingerprint density at radius 2 is 2.05 bits per heavy atom. The minimum Gasteiger partial charge on any atom is -0.478 e. The molecular formula is C15H11BrN2O2S. The van der Waals surface area contributed by atoms with E-state index in [0.717, 1.165) is 15.6 Å². The summed E-state index contributed by atoms with van der Waals surface area (Å²) in [6.07, 6.45) is 1.58. The van der Waals surface area contributed by atoms with Crippen molar-refractivity contribution in [1.82, 2.24) is 9.78 Å². The number of carboxylic acids is 1. The number of halogens is 1. The van der Waals surface area contributed by atoms with Crippen molar-refractivity contribution in [1.29, 1.82) is 0 Å². The van der Waals surface area contributed by atoms with Crippen molar-refractivity contribution in [3.8, 4) is 11.3 Å². The van der Waals surface area contributed by atoms with E-state index in [9.17, 15) is 9.90 Å². The molecule has 0 aliphatic heterocycles. The van der Waals surface area contributed by atoms with Gasteiger partial charge in [-0.1, -0.05) is 28.1 Å². The minimum absolute atomic E-state index is 0.227. The zero-order valence-electron chi connectivity index (χ0n) is 10.9. The van der Waals surface area contributed by atoms with Crippen molar-refractivity contribution in [3.63, 3.8) is 0 Å². The maximum absolute atomic E-state index is 11.4. The number of aromatic carboxylic acids is 1. The van der Waals surface area contributed by atoms with Gasteiger partial charge in [-0.2, -0.15) is 16.4 Å². The number of hydrogen-bond acceptors (Lipinski definition) is 3. The Morgan fingerprint density at radius 3 is 2.67 bits per heavy atom. The first-order valence-electron chi connectivity index (χ1n) is 6.21. The average Bonchev–Trinajstić information content (AvgIpc) is 3.10. The van der Waals surface area contributed by atoms with Crippen LogP contribution in [0.3, 0.4) is 0 Å². The predicted octanol–water partition coefficient (Wildman–Crippen LogP) is 4.12. The fourth-order valence-electron chi connectivity index (χ4n) is 2.05. The van der Waals surface area contributed by atoms with Crippen LogP contribution in [0.1, 0.15) is 15.9 Å². The second kappa shape index (κ2) is 5.83. The van der Waals surface area contributed by atoms with Crippen molar-refractivity contribution in [3.05, 3.63) is 62.9 Å². The highest BCUT2D eigenvalue weighted by molar-refractivity contribution is 9.10. The first-order valence-corrected chi connectivity index (χ1v) is 7.95. The first kappa shape index (κ1) is 14.0. The molecule has 0 spiro atoms. The van der Waals surface area contributed by atoms with Crippen LogP contribution in [0.15, 0.2) is 51.8 Å². The molecule has 1 aromatic carbocycles. The summed E-state index contributed by atoms with van der Waals surface area (Å²) >= 11 is 4.92. The van der Waals surface area contributed by atoms with Gasteiger partial charge in [0.25, 0.3) is 0 Å². The van der Waals surface area contributed by atoms with E-state index in [1.54, 1.807) is 10.9 Å². The van der Waals surface area contributed by atoms with E-state index >= 15 is 0 Å². The second-order valence-electron chi connectivity index (χ2n) is 4.53. The fraction of sp³-hybridized carbons (Fsp3) is 0.0667. The van der Waals surface area contributed by atoms with E-state index in [1.807, 2.05) is 41.1 Å².